The predicted octanol–water partition coefficient (Wildman–Crippen LogP) is 4.87. The fourth-order valence-corrected chi connectivity index (χ4v) is 2.53. The van der Waals surface area contributed by atoms with Crippen LogP contribution in [0.15, 0.2) is 53.0 Å². The monoisotopic (exact) mass is 367 g/mol. The molecule has 0 fully saturated rings. The summed E-state index contributed by atoms with van der Waals surface area (Å²) < 4.78 is 6.17. The molecule has 2 aromatic rings. The topological polar surface area (TPSA) is 29.5 Å². The van der Waals surface area contributed by atoms with Gasteiger partial charge in [-0.3, -0.25) is 0 Å². The van der Waals surface area contributed by atoms with E-state index in [1.165, 1.54) is 4.90 Å². The van der Waals surface area contributed by atoms with Gasteiger partial charge in [-0.2, -0.15) is 0 Å². The van der Waals surface area contributed by atoms with Crippen LogP contribution in [0.3, 0.4) is 0 Å². The first-order valence-corrected chi connectivity index (χ1v) is 7.59. The molecule has 110 valence electrons. The third kappa shape index (κ3) is 4.76. The maximum Gasteiger partial charge on any atom is 0.410 e. The van der Waals surface area contributed by atoms with Gasteiger partial charge in [-0.25, -0.2) is 4.79 Å². The molecule has 0 aliphatic heterocycles. The van der Waals surface area contributed by atoms with Gasteiger partial charge in [0.2, 0.25) is 0 Å². The first-order chi connectivity index (χ1) is 10.1. The van der Waals surface area contributed by atoms with Gasteiger partial charge in [-0.05, 0) is 23.3 Å². The quantitative estimate of drug-likeness (QED) is 0.770. The number of ether oxygens (including phenoxy) is 1. The van der Waals surface area contributed by atoms with E-state index < -0.39 is 0 Å². The molecule has 0 saturated carbocycles. The van der Waals surface area contributed by atoms with E-state index in [0.29, 0.717) is 11.6 Å². The Kier molecular flexibility index (Phi) is 5.65. The van der Waals surface area contributed by atoms with Gasteiger partial charge in [0.15, 0.2) is 0 Å². The molecule has 0 bridgehead atoms. The molecule has 1 amide bonds. The van der Waals surface area contributed by atoms with Gasteiger partial charge in [-0.1, -0.05) is 63.9 Å². The zero-order valence-corrected chi connectivity index (χ0v) is 13.9. The Balaban J connectivity index is 1.90. The van der Waals surface area contributed by atoms with Gasteiger partial charge in [0, 0.05) is 16.5 Å². The summed E-state index contributed by atoms with van der Waals surface area (Å²) in [6.45, 7) is 0.665. The highest BCUT2D eigenvalue weighted by Gasteiger charge is 2.12. The number of halogens is 2. The van der Waals surface area contributed by atoms with Crippen molar-refractivity contribution in [3.8, 4) is 0 Å². The van der Waals surface area contributed by atoms with Crippen LogP contribution in [0.1, 0.15) is 11.1 Å². The van der Waals surface area contributed by atoms with Crippen molar-refractivity contribution in [1.29, 1.82) is 0 Å². The first-order valence-electron chi connectivity index (χ1n) is 6.42. The van der Waals surface area contributed by atoms with E-state index in [9.17, 15) is 4.79 Å². The van der Waals surface area contributed by atoms with Crippen LogP contribution in [0.4, 0.5) is 4.79 Å². The van der Waals surface area contributed by atoms with Crippen LogP contribution in [0.5, 0.6) is 0 Å². The molecule has 21 heavy (non-hydrogen) atoms. The maximum absolute atomic E-state index is 12.0. The Morgan fingerprint density at radius 1 is 1.24 bits per heavy atom. The van der Waals surface area contributed by atoms with Gasteiger partial charge < -0.3 is 9.64 Å². The van der Waals surface area contributed by atoms with Crippen molar-refractivity contribution < 1.29 is 9.53 Å². The molecule has 0 heterocycles. The molecule has 0 aliphatic carbocycles. The number of carbonyl (C=O) groups excluding carboxylic acids is 1. The molecule has 0 saturated heterocycles. The van der Waals surface area contributed by atoms with Crippen molar-refractivity contribution in [2.75, 3.05) is 7.05 Å². The third-order valence-electron chi connectivity index (χ3n) is 2.94. The summed E-state index contributed by atoms with van der Waals surface area (Å²) >= 11 is 9.49. The lowest BCUT2D eigenvalue weighted by atomic mass is 10.2. The molecule has 3 nitrogen and oxygen atoms in total. The molecular weight excluding hydrogens is 354 g/mol. The fraction of sp³-hybridized carbons (Fsp3) is 0.188. The molecule has 0 unspecified atom stereocenters. The predicted molar refractivity (Wildman–Crippen MR) is 87.2 cm³/mol. The normalized spacial score (nSPS) is 10.2. The van der Waals surface area contributed by atoms with Crippen LogP contribution in [-0.4, -0.2) is 18.0 Å². The van der Waals surface area contributed by atoms with Crippen LogP contribution in [0.25, 0.3) is 0 Å². The van der Waals surface area contributed by atoms with E-state index in [0.717, 1.165) is 15.6 Å². The highest BCUT2D eigenvalue weighted by atomic mass is 79.9. The van der Waals surface area contributed by atoms with Crippen LogP contribution >= 0.6 is 27.5 Å². The van der Waals surface area contributed by atoms with Gasteiger partial charge in [0.05, 0.1) is 6.54 Å². The van der Waals surface area contributed by atoms with E-state index in [-0.39, 0.29) is 12.7 Å². The van der Waals surface area contributed by atoms with Gasteiger partial charge >= 0.3 is 6.09 Å². The number of carbonyl (C=O) groups is 1. The van der Waals surface area contributed by atoms with Gasteiger partial charge in [-0.15, -0.1) is 0 Å². The van der Waals surface area contributed by atoms with Crippen molar-refractivity contribution in [2.45, 2.75) is 13.2 Å². The molecule has 0 atom stereocenters. The summed E-state index contributed by atoms with van der Waals surface area (Å²) in [5.74, 6) is 0. The summed E-state index contributed by atoms with van der Waals surface area (Å²) in [6.07, 6.45) is -0.377. The Hall–Kier alpha value is -1.52. The van der Waals surface area contributed by atoms with E-state index in [2.05, 4.69) is 15.9 Å². The average molecular weight is 369 g/mol. The zero-order chi connectivity index (χ0) is 15.2. The molecule has 0 aliphatic rings. The third-order valence-corrected chi connectivity index (χ3v) is 3.78. The van der Waals surface area contributed by atoms with E-state index in [1.807, 2.05) is 42.5 Å². The van der Waals surface area contributed by atoms with Crippen molar-refractivity contribution in [3.05, 3.63) is 69.2 Å². The minimum atomic E-state index is -0.377. The van der Waals surface area contributed by atoms with Crippen molar-refractivity contribution >= 4 is 33.6 Å². The summed E-state index contributed by atoms with van der Waals surface area (Å²) in [4.78, 5) is 13.4. The largest absolute Gasteiger partial charge is 0.445 e. The van der Waals surface area contributed by atoms with Crippen molar-refractivity contribution in [1.82, 2.24) is 4.90 Å². The number of nitrogens with zero attached hydrogens (tertiary/aromatic N) is 1. The van der Waals surface area contributed by atoms with Crippen LogP contribution in [-0.2, 0) is 17.9 Å². The minimum absolute atomic E-state index is 0.262. The van der Waals surface area contributed by atoms with Gasteiger partial charge in [0.25, 0.3) is 0 Å². The maximum atomic E-state index is 12.0. The van der Waals surface area contributed by atoms with E-state index >= 15 is 0 Å². The second kappa shape index (κ2) is 7.48. The minimum Gasteiger partial charge on any atom is -0.445 e. The molecule has 0 aromatic heterocycles. The molecule has 5 heteroatoms. The van der Waals surface area contributed by atoms with Crippen molar-refractivity contribution in [3.63, 3.8) is 0 Å². The number of rotatable bonds is 4. The second-order valence-corrected chi connectivity index (χ2v) is 5.95. The average Bonchev–Trinajstić information content (AvgIpc) is 2.48. The van der Waals surface area contributed by atoms with Crippen molar-refractivity contribution in [2.24, 2.45) is 0 Å². The second-order valence-electron chi connectivity index (χ2n) is 4.63. The lowest BCUT2D eigenvalue weighted by molar-refractivity contribution is 0.103. The molecule has 0 N–H and O–H groups in total. The number of amides is 1. The Labute approximate surface area is 137 Å². The lowest BCUT2D eigenvalue weighted by Gasteiger charge is -2.18. The summed E-state index contributed by atoms with van der Waals surface area (Å²) in [7, 11) is 1.69. The lowest BCUT2D eigenvalue weighted by Crippen LogP contribution is -2.27. The van der Waals surface area contributed by atoms with E-state index in [4.69, 9.17) is 16.3 Å². The Bertz CT molecular complexity index is 619. The van der Waals surface area contributed by atoms with E-state index in [1.54, 1.807) is 13.1 Å². The number of hydrogen-bond acceptors (Lipinski definition) is 2. The molecule has 2 rings (SSSR count). The van der Waals surface area contributed by atoms with Gasteiger partial charge in [0.1, 0.15) is 6.61 Å². The standard InChI is InChI=1S/C16H15BrClNO2/c1-19(10-13-7-8-14(17)9-15(13)18)16(20)21-11-12-5-3-2-4-6-12/h2-9H,10-11H2,1H3. The smallest absolute Gasteiger partial charge is 0.410 e. The SMILES string of the molecule is CN(Cc1ccc(Br)cc1Cl)C(=O)OCc1ccccc1. The summed E-state index contributed by atoms with van der Waals surface area (Å²) in [5, 5.41) is 0.618. The molecule has 0 spiro atoms. The molecule has 0 radical (unpaired) electrons. The Morgan fingerprint density at radius 3 is 2.62 bits per heavy atom. The van der Waals surface area contributed by atoms with Crippen LogP contribution in [0.2, 0.25) is 5.02 Å². The molecule has 2 aromatic carbocycles. The highest BCUT2D eigenvalue weighted by Crippen LogP contribution is 2.22. The summed E-state index contributed by atoms with van der Waals surface area (Å²) in [6, 6.07) is 15.2. The number of hydrogen-bond donors (Lipinski definition) is 0. The highest BCUT2D eigenvalue weighted by molar-refractivity contribution is 9.10. The Morgan fingerprint density at radius 2 is 1.95 bits per heavy atom. The molecular formula is C16H15BrClNO2. The zero-order valence-electron chi connectivity index (χ0n) is 11.6. The van der Waals surface area contributed by atoms with Crippen LogP contribution in [0, 0.1) is 0 Å². The first kappa shape index (κ1) is 15.9. The van der Waals surface area contributed by atoms with Crippen LogP contribution < -0.4 is 0 Å². The fourth-order valence-electron chi connectivity index (χ4n) is 1.80. The number of benzene rings is 2. The summed E-state index contributed by atoms with van der Waals surface area (Å²) in [5.41, 5.74) is 1.83.